The maximum Gasteiger partial charge on any atom is 0.251 e. The van der Waals surface area contributed by atoms with Gasteiger partial charge in [-0.15, -0.1) is 0 Å². The highest BCUT2D eigenvalue weighted by Gasteiger charge is 2.44. The molecule has 5 nitrogen and oxygen atoms in total. The van der Waals surface area contributed by atoms with E-state index in [1.807, 2.05) is 32.0 Å². The number of imide groups is 1. The molecule has 2 saturated heterocycles. The van der Waals surface area contributed by atoms with Gasteiger partial charge in [0.1, 0.15) is 0 Å². The summed E-state index contributed by atoms with van der Waals surface area (Å²) in [5.74, 6) is -0.241. The lowest BCUT2D eigenvalue weighted by atomic mass is 9.97. The number of likely N-dealkylation sites (tertiary alicyclic amines) is 1. The summed E-state index contributed by atoms with van der Waals surface area (Å²) < 4.78 is 0. The Hall–Kier alpha value is -1.72. The number of amides is 2. The number of carbonyl (C=O) groups excluding carboxylic acids is 2. The average molecular weight is 330 g/mol. The molecule has 2 fully saturated rings. The van der Waals surface area contributed by atoms with Gasteiger partial charge in [-0.05, 0) is 62.9 Å². The number of aryl methyl sites for hydroxylation is 2. The number of aliphatic hydroxyl groups is 1. The zero-order chi connectivity index (χ0) is 17.3. The highest BCUT2D eigenvalue weighted by atomic mass is 16.3. The minimum absolute atomic E-state index is 0.118. The fourth-order valence-corrected chi connectivity index (χ4v) is 3.90. The second-order valence-electron chi connectivity index (χ2n) is 6.96. The first-order valence-corrected chi connectivity index (χ1v) is 8.83. The highest BCUT2D eigenvalue weighted by Crippen LogP contribution is 2.31. The first-order chi connectivity index (χ1) is 11.5. The Bertz CT molecular complexity index is 641. The summed E-state index contributed by atoms with van der Waals surface area (Å²) in [6.07, 6.45) is 4.07. The maximum absolute atomic E-state index is 13.0. The molecule has 130 valence electrons. The molecule has 2 aliphatic heterocycles. The van der Waals surface area contributed by atoms with Crippen LogP contribution in [-0.4, -0.2) is 47.1 Å². The molecule has 2 heterocycles. The lowest BCUT2D eigenvalue weighted by molar-refractivity contribution is -0.123. The molecule has 1 aromatic rings. The molecule has 0 spiro atoms. The zero-order valence-corrected chi connectivity index (χ0v) is 14.5. The third kappa shape index (κ3) is 3.10. The molecule has 2 atom stereocenters. The summed E-state index contributed by atoms with van der Waals surface area (Å²) in [4.78, 5) is 29.0. The molecular weight excluding hydrogens is 304 g/mol. The van der Waals surface area contributed by atoms with Crippen LogP contribution in [0.4, 0.5) is 5.69 Å². The quantitative estimate of drug-likeness (QED) is 0.860. The second-order valence-corrected chi connectivity index (χ2v) is 6.96. The smallest absolute Gasteiger partial charge is 0.251 e. The Morgan fingerprint density at radius 3 is 2.67 bits per heavy atom. The molecule has 1 aromatic carbocycles. The predicted molar refractivity (Wildman–Crippen MR) is 92.9 cm³/mol. The Morgan fingerprint density at radius 1 is 1.17 bits per heavy atom. The Balaban J connectivity index is 1.84. The van der Waals surface area contributed by atoms with Gasteiger partial charge in [0.05, 0.1) is 18.2 Å². The molecule has 0 saturated carbocycles. The Labute approximate surface area is 143 Å². The van der Waals surface area contributed by atoms with E-state index in [1.54, 1.807) is 0 Å². The Kier molecular flexibility index (Phi) is 5.01. The first-order valence-electron chi connectivity index (χ1n) is 8.83. The topological polar surface area (TPSA) is 60.9 Å². The number of benzene rings is 1. The average Bonchev–Trinajstić information content (AvgIpc) is 2.86. The maximum atomic E-state index is 13.0. The van der Waals surface area contributed by atoms with E-state index in [2.05, 4.69) is 4.90 Å². The normalized spacial score (nSPS) is 25.5. The first kappa shape index (κ1) is 17.1. The fourth-order valence-electron chi connectivity index (χ4n) is 3.90. The van der Waals surface area contributed by atoms with Crippen LogP contribution in [0.3, 0.4) is 0 Å². The van der Waals surface area contributed by atoms with Crippen molar-refractivity contribution >= 4 is 17.5 Å². The molecule has 2 amide bonds. The van der Waals surface area contributed by atoms with Crippen LogP contribution in [0.25, 0.3) is 0 Å². The van der Waals surface area contributed by atoms with E-state index in [4.69, 9.17) is 0 Å². The van der Waals surface area contributed by atoms with Gasteiger partial charge in [0.15, 0.2) is 0 Å². The van der Waals surface area contributed by atoms with E-state index < -0.39 is 0 Å². The molecule has 3 rings (SSSR count). The molecular formula is C19H26N2O3. The van der Waals surface area contributed by atoms with E-state index in [-0.39, 0.29) is 36.9 Å². The summed E-state index contributed by atoms with van der Waals surface area (Å²) in [5, 5.41) is 9.29. The van der Waals surface area contributed by atoms with Crippen molar-refractivity contribution < 1.29 is 14.7 Å². The van der Waals surface area contributed by atoms with Gasteiger partial charge in [-0.25, -0.2) is 4.90 Å². The fraction of sp³-hybridized carbons (Fsp3) is 0.579. The van der Waals surface area contributed by atoms with Crippen molar-refractivity contribution in [3.8, 4) is 0 Å². The van der Waals surface area contributed by atoms with Gasteiger partial charge in [-0.3, -0.25) is 14.5 Å². The summed E-state index contributed by atoms with van der Waals surface area (Å²) in [5.41, 5.74) is 2.90. The molecule has 0 aromatic heterocycles. The largest absolute Gasteiger partial charge is 0.396 e. The molecule has 2 unspecified atom stereocenters. The predicted octanol–water partition coefficient (Wildman–Crippen LogP) is 2.17. The zero-order valence-electron chi connectivity index (χ0n) is 14.5. The molecule has 0 bridgehead atoms. The minimum atomic E-state index is -0.379. The van der Waals surface area contributed by atoms with Gasteiger partial charge in [0.2, 0.25) is 5.91 Å². The van der Waals surface area contributed by atoms with E-state index in [0.29, 0.717) is 12.1 Å². The summed E-state index contributed by atoms with van der Waals surface area (Å²) in [6.45, 7) is 4.96. The number of piperidine rings is 1. The van der Waals surface area contributed by atoms with Crippen LogP contribution in [0.1, 0.15) is 43.2 Å². The van der Waals surface area contributed by atoms with Gasteiger partial charge < -0.3 is 5.11 Å². The van der Waals surface area contributed by atoms with Crippen molar-refractivity contribution in [1.29, 1.82) is 0 Å². The van der Waals surface area contributed by atoms with E-state index in [1.165, 1.54) is 4.90 Å². The van der Waals surface area contributed by atoms with Crippen LogP contribution in [0.2, 0.25) is 0 Å². The van der Waals surface area contributed by atoms with Gasteiger partial charge >= 0.3 is 0 Å². The molecule has 5 heteroatoms. The van der Waals surface area contributed by atoms with Crippen molar-refractivity contribution in [2.45, 2.75) is 58.0 Å². The third-order valence-electron chi connectivity index (χ3n) is 5.41. The standard InChI is InChI=1S/C19H26N2O3/c1-13-6-7-16(11-14(13)2)21-18(23)12-17(19(21)24)20-9-4-3-5-15(20)8-10-22/h6-7,11,15,17,22H,3-5,8-10,12H2,1-2H3. The third-order valence-corrected chi connectivity index (χ3v) is 5.41. The number of rotatable bonds is 4. The van der Waals surface area contributed by atoms with Gasteiger partial charge in [-0.1, -0.05) is 12.5 Å². The summed E-state index contributed by atoms with van der Waals surface area (Å²) in [7, 11) is 0. The van der Waals surface area contributed by atoms with Crippen molar-refractivity contribution in [1.82, 2.24) is 4.90 Å². The van der Waals surface area contributed by atoms with Crippen LogP contribution in [0.5, 0.6) is 0 Å². The van der Waals surface area contributed by atoms with E-state index >= 15 is 0 Å². The summed E-state index contributed by atoms with van der Waals surface area (Å²) in [6, 6.07) is 5.53. The number of nitrogens with zero attached hydrogens (tertiary/aromatic N) is 2. The lowest BCUT2D eigenvalue weighted by Crippen LogP contribution is -2.50. The van der Waals surface area contributed by atoms with Crippen LogP contribution in [0.15, 0.2) is 18.2 Å². The Morgan fingerprint density at radius 2 is 1.96 bits per heavy atom. The molecule has 24 heavy (non-hydrogen) atoms. The lowest BCUT2D eigenvalue weighted by Gasteiger charge is -2.38. The molecule has 1 N–H and O–H groups in total. The monoisotopic (exact) mass is 330 g/mol. The second kappa shape index (κ2) is 7.03. The molecule has 2 aliphatic rings. The number of carbonyl (C=O) groups is 2. The van der Waals surface area contributed by atoms with Crippen LogP contribution in [-0.2, 0) is 9.59 Å². The van der Waals surface area contributed by atoms with Crippen molar-refractivity contribution in [3.05, 3.63) is 29.3 Å². The van der Waals surface area contributed by atoms with Gasteiger partial charge in [-0.2, -0.15) is 0 Å². The van der Waals surface area contributed by atoms with Crippen LogP contribution < -0.4 is 4.90 Å². The minimum Gasteiger partial charge on any atom is -0.396 e. The highest BCUT2D eigenvalue weighted by molar-refractivity contribution is 6.22. The number of aliphatic hydroxyl groups excluding tert-OH is 1. The van der Waals surface area contributed by atoms with Crippen molar-refractivity contribution in [2.75, 3.05) is 18.1 Å². The SMILES string of the molecule is Cc1ccc(N2C(=O)CC(N3CCCCC3CCO)C2=O)cc1C. The number of anilines is 1. The molecule has 0 aliphatic carbocycles. The summed E-state index contributed by atoms with van der Waals surface area (Å²) >= 11 is 0. The van der Waals surface area contributed by atoms with E-state index in [0.717, 1.165) is 36.9 Å². The van der Waals surface area contributed by atoms with E-state index in [9.17, 15) is 14.7 Å². The molecule has 0 radical (unpaired) electrons. The van der Waals surface area contributed by atoms with Crippen LogP contribution >= 0.6 is 0 Å². The van der Waals surface area contributed by atoms with Crippen molar-refractivity contribution in [2.24, 2.45) is 0 Å². The number of hydrogen-bond acceptors (Lipinski definition) is 4. The van der Waals surface area contributed by atoms with Gasteiger partial charge in [0, 0.05) is 12.6 Å². The number of hydrogen-bond donors (Lipinski definition) is 1. The van der Waals surface area contributed by atoms with Gasteiger partial charge in [0.25, 0.3) is 5.91 Å². The van der Waals surface area contributed by atoms with Crippen molar-refractivity contribution in [3.63, 3.8) is 0 Å². The van der Waals surface area contributed by atoms with Crippen LogP contribution in [0, 0.1) is 13.8 Å².